The van der Waals surface area contributed by atoms with Crippen LogP contribution in [0.4, 0.5) is 13.2 Å². The Hall–Kier alpha value is -0.740. The number of hydrogen-bond donors (Lipinski definition) is 1. The zero-order valence-electron chi connectivity index (χ0n) is 6.66. The first kappa shape index (κ1) is 9.35. The lowest BCUT2D eigenvalue weighted by atomic mass is 9.67. The van der Waals surface area contributed by atoms with Gasteiger partial charge in [-0.25, -0.2) is 0 Å². The van der Waals surface area contributed by atoms with E-state index < -0.39 is 17.5 Å². The topological polar surface area (TPSA) is 29.1 Å². The fourth-order valence-corrected chi connectivity index (χ4v) is 1.41. The number of hydrogen-bond acceptors (Lipinski definition) is 1. The average molecular weight is 181 g/mol. The van der Waals surface area contributed by atoms with Gasteiger partial charge in [0.2, 0.25) is 5.91 Å². The molecular formula is C7H10F3NO. The maximum absolute atomic E-state index is 12.3. The summed E-state index contributed by atoms with van der Waals surface area (Å²) in [4.78, 5) is 10.9. The van der Waals surface area contributed by atoms with Gasteiger partial charge in [0, 0.05) is 7.05 Å². The van der Waals surface area contributed by atoms with E-state index in [1.165, 1.54) is 7.05 Å². The van der Waals surface area contributed by atoms with E-state index in [1.807, 2.05) is 0 Å². The summed E-state index contributed by atoms with van der Waals surface area (Å²) in [6.45, 7) is 0. The second-order valence-electron chi connectivity index (χ2n) is 3.01. The Bertz CT molecular complexity index is 195. The van der Waals surface area contributed by atoms with Gasteiger partial charge in [-0.1, -0.05) is 6.42 Å². The summed E-state index contributed by atoms with van der Waals surface area (Å²) in [6.07, 6.45) is -4.06. The molecule has 0 heterocycles. The predicted molar refractivity (Wildman–Crippen MR) is 36.4 cm³/mol. The number of carbonyl (C=O) groups is 1. The van der Waals surface area contributed by atoms with Crippen LogP contribution in [0.15, 0.2) is 0 Å². The number of nitrogens with one attached hydrogen (secondary N) is 1. The summed E-state index contributed by atoms with van der Waals surface area (Å²) in [5.74, 6) is -0.902. The lowest BCUT2D eigenvalue weighted by molar-refractivity contribution is -0.242. The van der Waals surface area contributed by atoms with Crippen molar-refractivity contribution in [2.24, 2.45) is 5.41 Å². The Labute approximate surface area is 68.1 Å². The van der Waals surface area contributed by atoms with Crippen molar-refractivity contribution >= 4 is 5.91 Å². The van der Waals surface area contributed by atoms with E-state index in [0.29, 0.717) is 6.42 Å². The molecule has 0 spiro atoms. The van der Waals surface area contributed by atoms with Crippen LogP contribution in [0.3, 0.4) is 0 Å². The van der Waals surface area contributed by atoms with Crippen LogP contribution in [-0.4, -0.2) is 19.1 Å². The Morgan fingerprint density at radius 1 is 1.42 bits per heavy atom. The first-order valence-corrected chi connectivity index (χ1v) is 3.73. The van der Waals surface area contributed by atoms with E-state index in [1.54, 1.807) is 0 Å². The molecule has 70 valence electrons. The number of rotatable bonds is 1. The first-order valence-electron chi connectivity index (χ1n) is 3.73. The van der Waals surface area contributed by atoms with E-state index in [4.69, 9.17) is 0 Å². The van der Waals surface area contributed by atoms with E-state index in [-0.39, 0.29) is 12.8 Å². The fraction of sp³-hybridized carbons (Fsp3) is 0.857. The highest BCUT2D eigenvalue weighted by atomic mass is 19.4. The molecule has 1 rings (SSSR count). The van der Waals surface area contributed by atoms with Crippen LogP contribution >= 0.6 is 0 Å². The minimum Gasteiger partial charge on any atom is -0.358 e. The molecule has 0 saturated heterocycles. The van der Waals surface area contributed by atoms with Crippen LogP contribution in [0.25, 0.3) is 0 Å². The maximum Gasteiger partial charge on any atom is 0.403 e. The Morgan fingerprint density at radius 3 is 2.00 bits per heavy atom. The van der Waals surface area contributed by atoms with Crippen molar-refractivity contribution in [3.05, 3.63) is 0 Å². The molecular weight excluding hydrogens is 171 g/mol. The van der Waals surface area contributed by atoms with Gasteiger partial charge in [-0.15, -0.1) is 0 Å². The van der Waals surface area contributed by atoms with Gasteiger partial charge < -0.3 is 5.32 Å². The van der Waals surface area contributed by atoms with Crippen molar-refractivity contribution in [2.75, 3.05) is 7.05 Å². The standard InChI is InChI=1S/C7H10F3NO/c1-11-5(12)6(3-2-4-6)7(8,9)10/h2-4H2,1H3,(H,11,12). The summed E-state index contributed by atoms with van der Waals surface area (Å²) in [5.41, 5.74) is -2.08. The van der Waals surface area contributed by atoms with Gasteiger partial charge in [0.25, 0.3) is 0 Å². The van der Waals surface area contributed by atoms with Gasteiger partial charge in [-0.2, -0.15) is 13.2 Å². The quantitative estimate of drug-likeness (QED) is 0.652. The molecule has 1 saturated carbocycles. The van der Waals surface area contributed by atoms with Crippen molar-refractivity contribution in [3.63, 3.8) is 0 Å². The Morgan fingerprint density at radius 2 is 1.92 bits per heavy atom. The highest BCUT2D eigenvalue weighted by Gasteiger charge is 2.63. The zero-order chi connectivity index (χ0) is 9.41. The summed E-state index contributed by atoms with van der Waals surface area (Å²) >= 11 is 0. The highest BCUT2D eigenvalue weighted by molar-refractivity contribution is 5.84. The van der Waals surface area contributed by atoms with Crippen LogP contribution < -0.4 is 5.32 Å². The van der Waals surface area contributed by atoms with Gasteiger partial charge >= 0.3 is 6.18 Å². The van der Waals surface area contributed by atoms with E-state index in [0.717, 1.165) is 0 Å². The third-order valence-corrected chi connectivity index (χ3v) is 2.41. The Kier molecular flexibility index (Phi) is 2.06. The third-order valence-electron chi connectivity index (χ3n) is 2.41. The summed E-state index contributed by atoms with van der Waals surface area (Å²) in [7, 11) is 1.23. The van der Waals surface area contributed by atoms with Crippen LogP contribution in [-0.2, 0) is 4.79 Å². The third kappa shape index (κ3) is 1.07. The molecule has 12 heavy (non-hydrogen) atoms. The normalized spacial score (nSPS) is 21.3. The van der Waals surface area contributed by atoms with Crippen LogP contribution in [0.2, 0.25) is 0 Å². The number of carbonyl (C=O) groups excluding carboxylic acids is 1. The van der Waals surface area contributed by atoms with Crippen LogP contribution in [0, 0.1) is 5.41 Å². The van der Waals surface area contributed by atoms with Crippen LogP contribution in [0.1, 0.15) is 19.3 Å². The minimum atomic E-state index is -4.40. The van der Waals surface area contributed by atoms with Gasteiger partial charge in [0.15, 0.2) is 0 Å². The fourth-order valence-electron chi connectivity index (χ4n) is 1.41. The SMILES string of the molecule is CNC(=O)C1(C(F)(F)F)CCC1. The number of halogens is 3. The molecule has 0 aromatic carbocycles. The molecule has 0 aliphatic heterocycles. The Balaban J connectivity index is 2.83. The van der Waals surface area contributed by atoms with Crippen molar-refractivity contribution in [1.82, 2.24) is 5.32 Å². The molecule has 0 atom stereocenters. The molecule has 5 heteroatoms. The molecule has 2 nitrogen and oxygen atoms in total. The summed E-state index contributed by atoms with van der Waals surface area (Å²) < 4.78 is 37.0. The molecule has 1 aliphatic rings. The second-order valence-corrected chi connectivity index (χ2v) is 3.01. The van der Waals surface area contributed by atoms with E-state index in [2.05, 4.69) is 5.32 Å². The molecule has 0 bridgehead atoms. The smallest absolute Gasteiger partial charge is 0.358 e. The average Bonchev–Trinajstić information content (AvgIpc) is 1.81. The van der Waals surface area contributed by atoms with Crippen molar-refractivity contribution in [1.29, 1.82) is 0 Å². The molecule has 1 aliphatic carbocycles. The maximum atomic E-state index is 12.3. The van der Waals surface area contributed by atoms with E-state index >= 15 is 0 Å². The molecule has 0 aromatic heterocycles. The molecule has 0 aromatic rings. The molecule has 1 fully saturated rings. The van der Waals surface area contributed by atoms with Gasteiger partial charge in [-0.05, 0) is 12.8 Å². The van der Waals surface area contributed by atoms with Crippen molar-refractivity contribution < 1.29 is 18.0 Å². The molecule has 0 unspecified atom stereocenters. The van der Waals surface area contributed by atoms with Crippen LogP contribution in [0.5, 0.6) is 0 Å². The molecule has 0 radical (unpaired) electrons. The molecule has 1 N–H and O–H groups in total. The second kappa shape index (κ2) is 2.64. The lowest BCUT2D eigenvalue weighted by Crippen LogP contribution is -2.54. The first-order chi connectivity index (χ1) is 5.44. The summed E-state index contributed by atoms with van der Waals surface area (Å²) in [5, 5.41) is 2.06. The van der Waals surface area contributed by atoms with Gasteiger partial charge in [-0.3, -0.25) is 4.79 Å². The van der Waals surface area contributed by atoms with Gasteiger partial charge in [0.1, 0.15) is 5.41 Å². The van der Waals surface area contributed by atoms with Crippen molar-refractivity contribution in [2.45, 2.75) is 25.4 Å². The minimum absolute atomic E-state index is 0.0732. The summed E-state index contributed by atoms with van der Waals surface area (Å²) in [6, 6.07) is 0. The zero-order valence-corrected chi connectivity index (χ0v) is 6.66. The number of amides is 1. The van der Waals surface area contributed by atoms with Crippen molar-refractivity contribution in [3.8, 4) is 0 Å². The number of alkyl halides is 3. The van der Waals surface area contributed by atoms with Gasteiger partial charge in [0.05, 0.1) is 0 Å². The predicted octanol–water partition coefficient (Wildman–Crippen LogP) is 1.46. The lowest BCUT2D eigenvalue weighted by Gasteiger charge is -2.40. The largest absolute Gasteiger partial charge is 0.403 e. The monoisotopic (exact) mass is 181 g/mol. The van der Waals surface area contributed by atoms with E-state index in [9.17, 15) is 18.0 Å². The highest BCUT2D eigenvalue weighted by Crippen LogP contribution is 2.52. The molecule has 1 amide bonds.